The number of likely N-dealkylation sites (tertiary alicyclic amines) is 1. The average Bonchev–Trinajstić information content (AvgIpc) is 2.80. The lowest BCUT2D eigenvalue weighted by atomic mass is 9.90. The lowest BCUT2D eigenvalue weighted by Crippen LogP contribution is -2.48. The SMILES string of the molecule is Cc1cc(Cl)ccc1C(=O)N1CCC[C@H]2C(=O)NC[C@H]21. The molecule has 5 heteroatoms. The maximum atomic E-state index is 12.7. The first kappa shape index (κ1) is 13.4. The number of aryl methyl sites for hydroxylation is 1. The summed E-state index contributed by atoms with van der Waals surface area (Å²) in [5, 5.41) is 3.50. The highest BCUT2D eigenvalue weighted by Crippen LogP contribution is 2.29. The fourth-order valence-corrected chi connectivity index (χ4v) is 3.45. The van der Waals surface area contributed by atoms with E-state index in [4.69, 9.17) is 11.6 Å². The van der Waals surface area contributed by atoms with Gasteiger partial charge in [0, 0.05) is 23.7 Å². The summed E-state index contributed by atoms with van der Waals surface area (Å²) in [6, 6.07) is 5.31. The molecular formula is C15H17ClN2O2. The lowest BCUT2D eigenvalue weighted by molar-refractivity contribution is -0.123. The summed E-state index contributed by atoms with van der Waals surface area (Å²) in [5.41, 5.74) is 1.55. The molecule has 0 bridgehead atoms. The van der Waals surface area contributed by atoms with Crippen LogP contribution < -0.4 is 5.32 Å². The van der Waals surface area contributed by atoms with E-state index < -0.39 is 0 Å². The van der Waals surface area contributed by atoms with Crippen LogP contribution in [-0.4, -0.2) is 35.8 Å². The molecule has 2 atom stereocenters. The molecule has 0 unspecified atom stereocenters. The molecule has 2 saturated heterocycles. The van der Waals surface area contributed by atoms with Crippen LogP contribution >= 0.6 is 11.6 Å². The molecule has 0 radical (unpaired) electrons. The Balaban J connectivity index is 1.88. The van der Waals surface area contributed by atoms with Crippen LogP contribution in [-0.2, 0) is 4.79 Å². The zero-order chi connectivity index (χ0) is 14.3. The molecule has 1 aromatic carbocycles. The van der Waals surface area contributed by atoms with Crippen molar-refractivity contribution in [1.82, 2.24) is 10.2 Å². The first-order valence-corrected chi connectivity index (χ1v) is 7.30. The average molecular weight is 293 g/mol. The Labute approximate surface area is 123 Å². The summed E-state index contributed by atoms with van der Waals surface area (Å²) in [6.45, 7) is 3.18. The summed E-state index contributed by atoms with van der Waals surface area (Å²) in [5.74, 6) is 0.0472. The summed E-state index contributed by atoms with van der Waals surface area (Å²) in [7, 11) is 0. The van der Waals surface area contributed by atoms with Crippen LogP contribution in [0.3, 0.4) is 0 Å². The van der Waals surface area contributed by atoms with Crippen LogP contribution in [0.25, 0.3) is 0 Å². The molecule has 2 fully saturated rings. The van der Waals surface area contributed by atoms with Gasteiger partial charge >= 0.3 is 0 Å². The maximum Gasteiger partial charge on any atom is 0.254 e. The smallest absolute Gasteiger partial charge is 0.254 e. The quantitative estimate of drug-likeness (QED) is 0.861. The second-order valence-electron chi connectivity index (χ2n) is 5.52. The van der Waals surface area contributed by atoms with Gasteiger partial charge in [-0.25, -0.2) is 0 Å². The second kappa shape index (κ2) is 5.09. The van der Waals surface area contributed by atoms with Gasteiger partial charge in [0.2, 0.25) is 5.91 Å². The number of fused-ring (bicyclic) bond motifs is 1. The number of nitrogens with one attached hydrogen (secondary N) is 1. The highest BCUT2D eigenvalue weighted by molar-refractivity contribution is 6.30. The molecule has 0 spiro atoms. The maximum absolute atomic E-state index is 12.7. The Hall–Kier alpha value is -1.55. The number of carbonyl (C=O) groups is 2. The van der Waals surface area contributed by atoms with Gasteiger partial charge in [0.15, 0.2) is 0 Å². The van der Waals surface area contributed by atoms with E-state index in [2.05, 4.69) is 5.32 Å². The first-order chi connectivity index (χ1) is 9.58. The number of amides is 2. The molecular weight excluding hydrogens is 276 g/mol. The van der Waals surface area contributed by atoms with Gasteiger partial charge in [-0.2, -0.15) is 0 Å². The fraction of sp³-hybridized carbons (Fsp3) is 0.467. The Kier molecular flexibility index (Phi) is 3.42. The number of carbonyl (C=O) groups excluding carboxylic acids is 2. The normalized spacial score (nSPS) is 25.3. The van der Waals surface area contributed by atoms with Gasteiger partial charge in [-0.05, 0) is 43.5 Å². The van der Waals surface area contributed by atoms with Gasteiger partial charge in [0.05, 0.1) is 12.0 Å². The molecule has 0 aromatic heterocycles. The molecule has 0 saturated carbocycles. The third-order valence-corrected chi connectivity index (χ3v) is 4.52. The number of piperidine rings is 1. The molecule has 20 heavy (non-hydrogen) atoms. The van der Waals surface area contributed by atoms with Crippen LogP contribution in [0.5, 0.6) is 0 Å². The van der Waals surface area contributed by atoms with E-state index in [1.165, 1.54) is 0 Å². The van der Waals surface area contributed by atoms with Crippen molar-refractivity contribution in [3.05, 3.63) is 34.3 Å². The second-order valence-corrected chi connectivity index (χ2v) is 5.96. The highest BCUT2D eigenvalue weighted by atomic mass is 35.5. The Morgan fingerprint density at radius 1 is 1.45 bits per heavy atom. The van der Waals surface area contributed by atoms with E-state index in [-0.39, 0.29) is 23.8 Å². The summed E-state index contributed by atoms with van der Waals surface area (Å²) in [6.07, 6.45) is 1.76. The van der Waals surface area contributed by atoms with E-state index in [1.54, 1.807) is 18.2 Å². The van der Waals surface area contributed by atoms with Gasteiger partial charge in [-0.1, -0.05) is 11.6 Å². The number of nitrogens with zero attached hydrogens (tertiary/aromatic N) is 1. The first-order valence-electron chi connectivity index (χ1n) is 6.93. The van der Waals surface area contributed by atoms with Gasteiger partial charge in [-0.15, -0.1) is 0 Å². The number of hydrogen-bond donors (Lipinski definition) is 1. The standard InChI is InChI=1S/C15H17ClN2O2/c1-9-7-10(16)4-5-11(9)15(20)18-6-2-3-12-13(18)8-17-14(12)19/h4-5,7,12-13H,2-3,6,8H2,1H3,(H,17,19)/t12-,13-/m1/s1. The Morgan fingerprint density at radius 3 is 3.00 bits per heavy atom. The van der Waals surface area contributed by atoms with Crippen LogP contribution in [0.2, 0.25) is 5.02 Å². The van der Waals surface area contributed by atoms with E-state index in [0.717, 1.165) is 24.9 Å². The van der Waals surface area contributed by atoms with Crippen LogP contribution in [0.1, 0.15) is 28.8 Å². The van der Waals surface area contributed by atoms with Gasteiger partial charge < -0.3 is 10.2 Å². The number of rotatable bonds is 1. The molecule has 2 aliphatic heterocycles. The predicted molar refractivity (Wildman–Crippen MR) is 76.7 cm³/mol. The van der Waals surface area contributed by atoms with Crippen molar-refractivity contribution in [3.8, 4) is 0 Å². The van der Waals surface area contributed by atoms with E-state index in [0.29, 0.717) is 17.1 Å². The predicted octanol–water partition coefficient (Wildman–Crippen LogP) is 2.00. The van der Waals surface area contributed by atoms with E-state index in [9.17, 15) is 9.59 Å². The van der Waals surface area contributed by atoms with Crippen molar-refractivity contribution in [2.75, 3.05) is 13.1 Å². The zero-order valence-corrected chi connectivity index (χ0v) is 12.1. The summed E-state index contributed by atoms with van der Waals surface area (Å²) >= 11 is 5.94. The van der Waals surface area contributed by atoms with Crippen LogP contribution in [0.4, 0.5) is 0 Å². The zero-order valence-electron chi connectivity index (χ0n) is 11.4. The van der Waals surface area contributed by atoms with Crippen molar-refractivity contribution in [3.63, 3.8) is 0 Å². The third-order valence-electron chi connectivity index (χ3n) is 4.28. The molecule has 106 valence electrons. The van der Waals surface area contributed by atoms with Crippen LogP contribution in [0.15, 0.2) is 18.2 Å². The van der Waals surface area contributed by atoms with Crippen molar-refractivity contribution >= 4 is 23.4 Å². The minimum atomic E-state index is -0.0414. The molecule has 2 aliphatic rings. The molecule has 1 aromatic rings. The lowest BCUT2D eigenvalue weighted by Gasteiger charge is -2.36. The molecule has 0 aliphatic carbocycles. The van der Waals surface area contributed by atoms with Gasteiger partial charge in [0.25, 0.3) is 5.91 Å². The van der Waals surface area contributed by atoms with Crippen LogP contribution in [0, 0.1) is 12.8 Å². The summed E-state index contributed by atoms with van der Waals surface area (Å²) in [4.78, 5) is 26.3. The van der Waals surface area contributed by atoms with Crippen molar-refractivity contribution in [1.29, 1.82) is 0 Å². The minimum absolute atomic E-state index is 0.00109. The fourth-order valence-electron chi connectivity index (χ4n) is 3.23. The van der Waals surface area contributed by atoms with Gasteiger partial charge in [0.1, 0.15) is 0 Å². The third kappa shape index (κ3) is 2.18. The summed E-state index contributed by atoms with van der Waals surface area (Å²) < 4.78 is 0. The molecule has 3 rings (SSSR count). The highest BCUT2D eigenvalue weighted by Gasteiger charge is 2.42. The van der Waals surface area contributed by atoms with Gasteiger partial charge in [-0.3, -0.25) is 9.59 Å². The number of hydrogen-bond acceptors (Lipinski definition) is 2. The largest absolute Gasteiger partial charge is 0.354 e. The number of benzene rings is 1. The van der Waals surface area contributed by atoms with E-state index in [1.807, 2.05) is 11.8 Å². The molecule has 4 nitrogen and oxygen atoms in total. The van der Waals surface area contributed by atoms with E-state index >= 15 is 0 Å². The topological polar surface area (TPSA) is 49.4 Å². The number of halogens is 1. The monoisotopic (exact) mass is 292 g/mol. The van der Waals surface area contributed by atoms with Crippen molar-refractivity contribution < 1.29 is 9.59 Å². The molecule has 2 amide bonds. The molecule has 1 N–H and O–H groups in total. The molecule has 2 heterocycles. The van der Waals surface area contributed by atoms with Crippen molar-refractivity contribution in [2.24, 2.45) is 5.92 Å². The Morgan fingerprint density at radius 2 is 2.25 bits per heavy atom. The minimum Gasteiger partial charge on any atom is -0.354 e. The Bertz CT molecular complexity index is 573. The van der Waals surface area contributed by atoms with Crippen molar-refractivity contribution in [2.45, 2.75) is 25.8 Å².